The lowest BCUT2D eigenvalue weighted by Crippen LogP contribution is -2.12. The molecule has 1 heterocycles. The van der Waals surface area contributed by atoms with E-state index in [9.17, 15) is 10.1 Å². The zero-order valence-electron chi connectivity index (χ0n) is 11.5. The standard InChI is InChI=1S/C15H14N2O3/c1-9-8-17-15(18)12(7-16)14(9)11-6-10(19-2)4-5-13(11)20-3/h4-6,8H,1-3H3,(H,17,18). The minimum absolute atomic E-state index is 0.0663. The van der Waals surface area contributed by atoms with Gasteiger partial charge in [0.1, 0.15) is 23.1 Å². The van der Waals surface area contributed by atoms with Crippen LogP contribution in [0, 0.1) is 18.3 Å². The number of aromatic nitrogens is 1. The van der Waals surface area contributed by atoms with Gasteiger partial charge < -0.3 is 14.5 Å². The molecule has 0 saturated carbocycles. The first kappa shape index (κ1) is 13.7. The Kier molecular flexibility index (Phi) is 3.76. The number of nitriles is 1. The van der Waals surface area contributed by atoms with Crippen molar-refractivity contribution < 1.29 is 9.47 Å². The van der Waals surface area contributed by atoms with Gasteiger partial charge in [0.15, 0.2) is 0 Å². The molecule has 2 rings (SSSR count). The number of aromatic amines is 1. The maximum atomic E-state index is 11.8. The van der Waals surface area contributed by atoms with Crippen molar-refractivity contribution in [3.63, 3.8) is 0 Å². The average Bonchev–Trinajstić information content (AvgIpc) is 2.48. The van der Waals surface area contributed by atoms with E-state index in [-0.39, 0.29) is 5.56 Å². The number of rotatable bonds is 3. The van der Waals surface area contributed by atoms with Crippen molar-refractivity contribution in [2.45, 2.75) is 6.92 Å². The first-order valence-corrected chi connectivity index (χ1v) is 5.97. The maximum absolute atomic E-state index is 11.8. The molecule has 1 aromatic carbocycles. The number of aryl methyl sites for hydroxylation is 1. The highest BCUT2D eigenvalue weighted by molar-refractivity contribution is 5.78. The van der Waals surface area contributed by atoms with E-state index >= 15 is 0 Å². The van der Waals surface area contributed by atoms with Crippen LogP contribution in [0.1, 0.15) is 11.1 Å². The van der Waals surface area contributed by atoms with Gasteiger partial charge in [0.05, 0.1) is 14.2 Å². The molecule has 0 aliphatic heterocycles. The summed E-state index contributed by atoms with van der Waals surface area (Å²) in [4.78, 5) is 14.3. The van der Waals surface area contributed by atoms with E-state index < -0.39 is 5.56 Å². The quantitative estimate of drug-likeness (QED) is 0.928. The number of H-pyrrole nitrogens is 1. The number of pyridine rings is 1. The van der Waals surface area contributed by atoms with E-state index in [1.165, 1.54) is 0 Å². The molecule has 0 spiro atoms. The van der Waals surface area contributed by atoms with Crippen molar-refractivity contribution in [3.8, 4) is 28.7 Å². The first-order valence-electron chi connectivity index (χ1n) is 5.97. The van der Waals surface area contributed by atoms with Gasteiger partial charge in [-0.25, -0.2) is 0 Å². The molecular formula is C15H14N2O3. The van der Waals surface area contributed by atoms with Crippen LogP contribution in [-0.4, -0.2) is 19.2 Å². The summed E-state index contributed by atoms with van der Waals surface area (Å²) in [5.41, 5.74) is 1.65. The van der Waals surface area contributed by atoms with Crippen molar-refractivity contribution in [1.29, 1.82) is 5.26 Å². The summed E-state index contributed by atoms with van der Waals surface area (Å²) in [6, 6.07) is 7.21. The van der Waals surface area contributed by atoms with Crippen LogP contribution in [0.3, 0.4) is 0 Å². The smallest absolute Gasteiger partial charge is 0.266 e. The summed E-state index contributed by atoms with van der Waals surface area (Å²) in [6.45, 7) is 1.82. The van der Waals surface area contributed by atoms with Crippen LogP contribution in [0.15, 0.2) is 29.2 Å². The Balaban J connectivity index is 2.84. The molecule has 0 atom stereocenters. The SMILES string of the molecule is COc1ccc(OC)c(-c2c(C)c[nH]c(=O)c2C#N)c1. The lowest BCUT2D eigenvalue weighted by atomic mass is 9.96. The Hall–Kier alpha value is -2.74. The lowest BCUT2D eigenvalue weighted by molar-refractivity contribution is 0.404. The van der Waals surface area contributed by atoms with E-state index in [1.807, 2.05) is 13.0 Å². The third-order valence-corrected chi connectivity index (χ3v) is 3.08. The van der Waals surface area contributed by atoms with Crippen LogP contribution >= 0.6 is 0 Å². The van der Waals surface area contributed by atoms with Crippen LogP contribution in [0.4, 0.5) is 0 Å². The summed E-state index contributed by atoms with van der Waals surface area (Å²) >= 11 is 0. The molecular weight excluding hydrogens is 256 g/mol. The number of hydrogen-bond acceptors (Lipinski definition) is 4. The molecule has 5 nitrogen and oxygen atoms in total. The average molecular weight is 270 g/mol. The largest absolute Gasteiger partial charge is 0.497 e. The summed E-state index contributed by atoms with van der Waals surface area (Å²) < 4.78 is 10.5. The van der Waals surface area contributed by atoms with Gasteiger partial charge in [-0.05, 0) is 30.7 Å². The van der Waals surface area contributed by atoms with Crippen LogP contribution in [0.5, 0.6) is 11.5 Å². The first-order chi connectivity index (χ1) is 9.62. The predicted molar refractivity (Wildman–Crippen MR) is 75.1 cm³/mol. The fraction of sp³-hybridized carbons (Fsp3) is 0.200. The summed E-state index contributed by atoms with van der Waals surface area (Å²) in [5.74, 6) is 1.21. The number of methoxy groups -OCH3 is 2. The Bertz CT molecular complexity index is 742. The lowest BCUT2D eigenvalue weighted by Gasteiger charge is -2.13. The van der Waals surface area contributed by atoms with Gasteiger partial charge in [-0.2, -0.15) is 5.26 Å². The third kappa shape index (κ3) is 2.24. The van der Waals surface area contributed by atoms with Crippen molar-refractivity contribution in [3.05, 3.63) is 45.9 Å². The zero-order chi connectivity index (χ0) is 14.7. The molecule has 0 aliphatic carbocycles. The minimum Gasteiger partial charge on any atom is -0.497 e. The normalized spacial score (nSPS) is 9.90. The van der Waals surface area contributed by atoms with Crippen molar-refractivity contribution >= 4 is 0 Å². The second-order valence-corrected chi connectivity index (χ2v) is 4.23. The Morgan fingerprint density at radius 3 is 2.60 bits per heavy atom. The Morgan fingerprint density at radius 2 is 2.00 bits per heavy atom. The van der Waals surface area contributed by atoms with Crippen molar-refractivity contribution in [2.24, 2.45) is 0 Å². The third-order valence-electron chi connectivity index (χ3n) is 3.08. The van der Waals surface area contributed by atoms with Crippen LogP contribution in [0.2, 0.25) is 0 Å². The van der Waals surface area contributed by atoms with E-state index in [4.69, 9.17) is 9.47 Å². The molecule has 0 radical (unpaired) electrons. The molecule has 2 aromatic rings. The molecule has 0 amide bonds. The van der Waals surface area contributed by atoms with Crippen LogP contribution in [0.25, 0.3) is 11.1 Å². The van der Waals surface area contributed by atoms with E-state index in [0.29, 0.717) is 22.6 Å². The highest BCUT2D eigenvalue weighted by Crippen LogP contribution is 2.35. The molecule has 0 saturated heterocycles. The maximum Gasteiger partial charge on any atom is 0.266 e. The number of ether oxygens (including phenoxy) is 2. The van der Waals surface area contributed by atoms with E-state index in [0.717, 1.165) is 5.56 Å². The molecule has 5 heteroatoms. The van der Waals surface area contributed by atoms with E-state index in [1.54, 1.807) is 38.6 Å². The van der Waals surface area contributed by atoms with Gasteiger partial charge in [0.25, 0.3) is 5.56 Å². The monoisotopic (exact) mass is 270 g/mol. The number of hydrogen-bond donors (Lipinski definition) is 1. The van der Waals surface area contributed by atoms with Gasteiger partial charge in [0.2, 0.25) is 0 Å². The number of nitrogens with one attached hydrogen (secondary N) is 1. The van der Waals surface area contributed by atoms with Gasteiger partial charge in [0, 0.05) is 17.3 Å². The second-order valence-electron chi connectivity index (χ2n) is 4.23. The van der Waals surface area contributed by atoms with Crippen LogP contribution < -0.4 is 15.0 Å². The Labute approximate surface area is 116 Å². The molecule has 20 heavy (non-hydrogen) atoms. The van der Waals surface area contributed by atoms with Crippen LogP contribution in [-0.2, 0) is 0 Å². The van der Waals surface area contributed by atoms with E-state index in [2.05, 4.69) is 4.98 Å². The van der Waals surface area contributed by atoms with Gasteiger partial charge >= 0.3 is 0 Å². The summed E-state index contributed by atoms with van der Waals surface area (Å²) in [7, 11) is 3.10. The van der Waals surface area contributed by atoms with Gasteiger partial charge in [-0.15, -0.1) is 0 Å². The highest BCUT2D eigenvalue weighted by Gasteiger charge is 2.16. The molecule has 102 valence electrons. The topological polar surface area (TPSA) is 75.1 Å². The van der Waals surface area contributed by atoms with Crippen molar-refractivity contribution in [2.75, 3.05) is 14.2 Å². The van der Waals surface area contributed by atoms with Gasteiger partial charge in [-0.3, -0.25) is 4.79 Å². The molecule has 0 fully saturated rings. The minimum atomic E-state index is -0.419. The number of benzene rings is 1. The molecule has 0 aliphatic rings. The Morgan fingerprint density at radius 1 is 1.25 bits per heavy atom. The fourth-order valence-corrected chi connectivity index (χ4v) is 2.09. The molecule has 0 unspecified atom stereocenters. The van der Waals surface area contributed by atoms with Crippen molar-refractivity contribution in [1.82, 2.24) is 4.98 Å². The number of nitrogens with zero attached hydrogens (tertiary/aromatic N) is 1. The fourth-order valence-electron chi connectivity index (χ4n) is 2.09. The highest BCUT2D eigenvalue weighted by atomic mass is 16.5. The summed E-state index contributed by atoms with van der Waals surface area (Å²) in [5, 5.41) is 9.23. The molecule has 1 aromatic heterocycles. The second kappa shape index (κ2) is 5.49. The van der Waals surface area contributed by atoms with Gasteiger partial charge in [-0.1, -0.05) is 0 Å². The molecule has 0 bridgehead atoms. The molecule has 1 N–H and O–H groups in total. The zero-order valence-corrected chi connectivity index (χ0v) is 11.5. The predicted octanol–water partition coefficient (Wildman–Crippen LogP) is 2.24. The summed E-state index contributed by atoms with van der Waals surface area (Å²) in [6.07, 6.45) is 1.58.